The van der Waals surface area contributed by atoms with E-state index in [1.54, 1.807) is 6.92 Å². The molecule has 0 bridgehead atoms. The smallest absolute Gasteiger partial charge is 0.315 e. The van der Waals surface area contributed by atoms with Crippen molar-refractivity contribution in [2.75, 3.05) is 0 Å². The van der Waals surface area contributed by atoms with Crippen LogP contribution in [0.4, 0.5) is 4.79 Å². The summed E-state index contributed by atoms with van der Waals surface area (Å²) in [4.78, 5) is 23.0. The van der Waals surface area contributed by atoms with E-state index in [0.717, 1.165) is 5.56 Å². The first-order chi connectivity index (χ1) is 10.9. The number of benzene rings is 1. The molecule has 5 atom stereocenters. The maximum atomic E-state index is 12.0. The van der Waals surface area contributed by atoms with E-state index in [9.17, 15) is 14.7 Å². The van der Waals surface area contributed by atoms with Crippen LogP contribution < -0.4 is 10.6 Å². The van der Waals surface area contributed by atoms with Gasteiger partial charge in [0.2, 0.25) is 0 Å². The molecule has 0 aromatic heterocycles. The van der Waals surface area contributed by atoms with Gasteiger partial charge in [0.15, 0.2) is 0 Å². The second kappa shape index (κ2) is 5.85. The number of carboxylic acid groups (broad SMARTS) is 1. The molecular formula is C17H22N2O4. The number of carbonyl (C=O) groups is 2. The van der Waals surface area contributed by atoms with Gasteiger partial charge in [0, 0.05) is 12.5 Å². The van der Waals surface area contributed by atoms with Crippen LogP contribution in [0.3, 0.4) is 0 Å². The van der Waals surface area contributed by atoms with Crippen molar-refractivity contribution in [2.24, 2.45) is 11.3 Å². The highest BCUT2D eigenvalue weighted by atomic mass is 16.4. The van der Waals surface area contributed by atoms with Gasteiger partial charge < -0.3 is 20.8 Å². The van der Waals surface area contributed by atoms with E-state index in [4.69, 9.17) is 5.11 Å². The standard InChI is InChI=1S/C17H22N2O4/c1-10(14(20)7-11-5-3-2-4-6-11)18-16(23)19-13-9-17(15(21)22)8-12(13)17/h2-6,10,12-14,20H,7-9H2,1H3,(H,21,22)(H2,18,19,23)/t10?,12-,13-,14?,17-/m1/s1. The number of hydrogen-bond acceptors (Lipinski definition) is 3. The Bertz CT molecular complexity index is 606. The average molecular weight is 318 g/mol. The number of aliphatic hydroxyl groups is 1. The van der Waals surface area contributed by atoms with Gasteiger partial charge in [-0.15, -0.1) is 0 Å². The number of aliphatic hydroxyl groups excluding tert-OH is 1. The van der Waals surface area contributed by atoms with E-state index in [2.05, 4.69) is 10.6 Å². The Hall–Kier alpha value is -2.08. The molecule has 2 aliphatic rings. The summed E-state index contributed by atoms with van der Waals surface area (Å²) in [6.07, 6.45) is 0.945. The largest absolute Gasteiger partial charge is 0.481 e. The Labute approximate surface area is 134 Å². The molecule has 0 saturated heterocycles. The number of carboxylic acids is 1. The van der Waals surface area contributed by atoms with Gasteiger partial charge >= 0.3 is 12.0 Å². The highest BCUT2D eigenvalue weighted by molar-refractivity contribution is 5.82. The molecule has 3 rings (SSSR count). The molecule has 2 amide bonds. The van der Waals surface area contributed by atoms with Gasteiger partial charge in [-0.05, 0) is 31.2 Å². The molecule has 0 spiro atoms. The van der Waals surface area contributed by atoms with Crippen LogP contribution >= 0.6 is 0 Å². The lowest BCUT2D eigenvalue weighted by atomic mass is 9.80. The summed E-state index contributed by atoms with van der Waals surface area (Å²) in [7, 11) is 0. The van der Waals surface area contributed by atoms with Crippen molar-refractivity contribution in [1.82, 2.24) is 10.6 Å². The van der Waals surface area contributed by atoms with Crippen LogP contribution in [0.15, 0.2) is 30.3 Å². The molecule has 6 heteroatoms. The molecule has 1 aromatic rings. The van der Waals surface area contributed by atoms with E-state index in [1.807, 2.05) is 30.3 Å². The number of hydrogen-bond donors (Lipinski definition) is 4. The molecule has 2 aliphatic carbocycles. The van der Waals surface area contributed by atoms with Crippen LogP contribution in [0.5, 0.6) is 0 Å². The third-order valence-corrected chi connectivity index (χ3v) is 5.17. The van der Waals surface area contributed by atoms with Gasteiger partial charge in [-0.2, -0.15) is 0 Å². The molecule has 4 N–H and O–H groups in total. The third kappa shape index (κ3) is 3.03. The Morgan fingerprint density at radius 2 is 2.00 bits per heavy atom. The zero-order valence-electron chi connectivity index (χ0n) is 13.0. The van der Waals surface area contributed by atoms with Crippen molar-refractivity contribution in [2.45, 2.75) is 44.4 Å². The van der Waals surface area contributed by atoms with Gasteiger partial charge in [0.05, 0.1) is 17.6 Å². The van der Waals surface area contributed by atoms with Crippen molar-refractivity contribution in [3.8, 4) is 0 Å². The zero-order valence-corrected chi connectivity index (χ0v) is 13.0. The minimum absolute atomic E-state index is 0.0651. The number of nitrogens with one attached hydrogen (secondary N) is 2. The summed E-state index contributed by atoms with van der Waals surface area (Å²) < 4.78 is 0. The van der Waals surface area contributed by atoms with Crippen molar-refractivity contribution < 1.29 is 19.8 Å². The highest BCUT2D eigenvalue weighted by Crippen LogP contribution is 2.67. The summed E-state index contributed by atoms with van der Waals surface area (Å²) in [6, 6.07) is 8.80. The number of fused-ring (bicyclic) bond motifs is 1. The zero-order chi connectivity index (χ0) is 16.6. The van der Waals surface area contributed by atoms with Crippen LogP contribution in [-0.2, 0) is 11.2 Å². The number of rotatable bonds is 6. The molecule has 0 aliphatic heterocycles. The fourth-order valence-electron chi connectivity index (χ4n) is 3.50. The molecule has 2 saturated carbocycles. The predicted octanol–water partition coefficient (Wildman–Crippen LogP) is 1.14. The highest BCUT2D eigenvalue weighted by Gasteiger charge is 2.72. The SMILES string of the molecule is CC(NC(=O)N[C@@H]1C[C@]2(C(=O)O)C[C@H]12)C(O)Cc1ccccc1. The van der Waals surface area contributed by atoms with Crippen molar-refractivity contribution in [3.05, 3.63) is 35.9 Å². The number of aliphatic carboxylic acids is 1. The summed E-state index contributed by atoms with van der Waals surface area (Å²) in [5, 5.41) is 24.8. The lowest BCUT2D eigenvalue weighted by molar-refractivity contribution is -0.147. The van der Waals surface area contributed by atoms with Gasteiger partial charge in [-0.25, -0.2) is 4.79 Å². The fourth-order valence-corrected chi connectivity index (χ4v) is 3.50. The molecule has 6 nitrogen and oxygen atoms in total. The minimum Gasteiger partial charge on any atom is -0.481 e. The van der Waals surface area contributed by atoms with Crippen LogP contribution in [0.2, 0.25) is 0 Å². The molecule has 0 radical (unpaired) electrons. The number of amides is 2. The van der Waals surface area contributed by atoms with Crippen LogP contribution in [0.25, 0.3) is 0 Å². The molecule has 124 valence electrons. The Morgan fingerprint density at radius 1 is 1.30 bits per heavy atom. The molecule has 0 heterocycles. The Balaban J connectivity index is 1.42. The summed E-state index contributed by atoms with van der Waals surface area (Å²) in [5.41, 5.74) is 0.438. The van der Waals surface area contributed by atoms with Crippen LogP contribution in [0.1, 0.15) is 25.3 Å². The normalized spacial score (nSPS) is 30.3. The lowest BCUT2D eigenvalue weighted by Crippen LogP contribution is -2.54. The van der Waals surface area contributed by atoms with Crippen LogP contribution in [-0.4, -0.2) is 40.4 Å². The first-order valence-corrected chi connectivity index (χ1v) is 7.95. The summed E-state index contributed by atoms with van der Waals surface area (Å²) in [5.74, 6) is -0.692. The Kier molecular flexibility index (Phi) is 4.02. The van der Waals surface area contributed by atoms with E-state index in [0.29, 0.717) is 19.3 Å². The van der Waals surface area contributed by atoms with Gasteiger partial charge in [0.25, 0.3) is 0 Å². The molecule has 23 heavy (non-hydrogen) atoms. The van der Waals surface area contributed by atoms with Crippen molar-refractivity contribution >= 4 is 12.0 Å². The molecule has 1 aromatic carbocycles. The van der Waals surface area contributed by atoms with E-state index in [1.165, 1.54) is 0 Å². The maximum absolute atomic E-state index is 12.0. The summed E-state index contributed by atoms with van der Waals surface area (Å²) in [6.45, 7) is 1.76. The van der Waals surface area contributed by atoms with Gasteiger partial charge in [0.1, 0.15) is 0 Å². The second-order valence-corrected chi connectivity index (χ2v) is 6.75. The molecular weight excluding hydrogens is 296 g/mol. The quantitative estimate of drug-likeness (QED) is 0.632. The topological polar surface area (TPSA) is 98.7 Å². The minimum atomic E-state index is -0.757. The summed E-state index contributed by atoms with van der Waals surface area (Å²) >= 11 is 0. The monoisotopic (exact) mass is 318 g/mol. The van der Waals surface area contributed by atoms with Crippen molar-refractivity contribution in [1.29, 1.82) is 0 Å². The molecule has 2 fully saturated rings. The average Bonchev–Trinajstić information content (AvgIpc) is 3.12. The maximum Gasteiger partial charge on any atom is 0.315 e. The third-order valence-electron chi connectivity index (χ3n) is 5.17. The first-order valence-electron chi connectivity index (χ1n) is 7.95. The first kappa shape index (κ1) is 15.8. The van der Waals surface area contributed by atoms with Gasteiger partial charge in [-0.1, -0.05) is 30.3 Å². The number of urea groups is 1. The van der Waals surface area contributed by atoms with Gasteiger partial charge in [-0.3, -0.25) is 4.79 Å². The lowest BCUT2D eigenvalue weighted by Gasteiger charge is -2.32. The predicted molar refractivity (Wildman–Crippen MR) is 83.9 cm³/mol. The van der Waals surface area contributed by atoms with Crippen LogP contribution in [0, 0.1) is 11.3 Å². The fraction of sp³-hybridized carbons (Fsp3) is 0.529. The van der Waals surface area contributed by atoms with E-state index in [-0.39, 0.29) is 18.0 Å². The van der Waals surface area contributed by atoms with Crippen molar-refractivity contribution in [3.63, 3.8) is 0 Å². The van der Waals surface area contributed by atoms with E-state index < -0.39 is 23.5 Å². The number of carbonyl (C=O) groups excluding carboxylic acids is 1. The van der Waals surface area contributed by atoms with E-state index >= 15 is 0 Å². The second-order valence-electron chi connectivity index (χ2n) is 6.75. The Morgan fingerprint density at radius 3 is 2.57 bits per heavy atom. The molecule has 2 unspecified atom stereocenters.